The molecular weight excluding hydrogens is 466 g/mol. The number of rotatable bonds is 9. The van der Waals surface area contributed by atoms with Crippen LogP contribution in [0.1, 0.15) is 18.4 Å². The van der Waals surface area contributed by atoms with E-state index in [-0.39, 0.29) is 35.3 Å². The van der Waals surface area contributed by atoms with Crippen molar-refractivity contribution in [2.75, 3.05) is 33.3 Å². The molecule has 2 aromatic carbocycles. The largest absolute Gasteiger partial charge is 0.497 e. The maximum absolute atomic E-state index is 13.0. The average Bonchev–Trinajstić information content (AvgIpc) is 2.82. The van der Waals surface area contributed by atoms with Crippen molar-refractivity contribution in [1.82, 2.24) is 14.3 Å². The molecular formula is C22H29N3O6S2. The molecule has 9 nitrogen and oxygen atoms in total. The van der Waals surface area contributed by atoms with Crippen LogP contribution >= 0.6 is 0 Å². The third kappa shape index (κ3) is 6.32. The number of sulfonamides is 2. The van der Waals surface area contributed by atoms with E-state index in [9.17, 15) is 21.6 Å². The van der Waals surface area contributed by atoms with E-state index in [1.807, 2.05) is 6.92 Å². The van der Waals surface area contributed by atoms with Crippen LogP contribution < -0.4 is 14.8 Å². The Morgan fingerprint density at radius 2 is 1.64 bits per heavy atom. The van der Waals surface area contributed by atoms with Gasteiger partial charge in [-0.3, -0.25) is 4.79 Å². The zero-order valence-electron chi connectivity index (χ0n) is 18.7. The van der Waals surface area contributed by atoms with Crippen LogP contribution in [0.25, 0.3) is 0 Å². The van der Waals surface area contributed by atoms with Crippen molar-refractivity contribution in [3.63, 3.8) is 0 Å². The second-order valence-electron chi connectivity index (χ2n) is 7.88. The van der Waals surface area contributed by atoms with Gasteiger partial charge in [-0.05, 0) is 56.2 Å². The molecule has 0 unspecified atom stereocenters. The molecule has 1 fully saturated rings. The minimum absolute atomic E-state index is 0.0303. The van der Waals surface area contributed by atoms with Gasteiger partial charge in [-0.25, -0.2) is 21.6 Å². The van der Waals surface area contributed by atoms with Crippen LogP contribution in [-0.4, -0.2) is 60.3 Å². The summed E-state index contributed by atoms with van der Waals surface area (Å²) in [6.45, 7) is 2.42. The molecule has 0 spiro atoms. The Bertz CT molecular complexity index is 1160. The quantitative estimate of drug-likeness (QED) is 0.509. The Morgan fingerprint density at radius 3 is 2.27 bits per heavy atom. The van der Waals surface area contributed by atoms with E-state index in [2.05, 4.69) is 10.0 Å². The fourth-order valence-corrected chi connectivity index (χ4v) is 6.14. The highest BCUT2D eigenvalue weighted by Crippen LogP contribution is 2.25. The molecule has 1 heterocycles. The average molecular weight is 496 g/mol. The summed E-state index contributed by atoms with van der Waals surface area (Å²) < 4.78 is 59.4. The summed E-state index contributed by atoms with van der Waals surface area (Å²) in [4.78, 5) is 12.9. The maximum Gasteiger partial charge on any atom is 0.243 e. The summed E-state index contributed by atoms with van der Waals surface area (Å²) in [7, 11) is -5.88. The summed E-state index contributed by atoms with van der Waals surface area (Å²) in [6.07, 6.45) is 1.13. The van der Waals surface area contributed by atoms with E-state index in [1.54, 1.807) is 24.3 Å². The van der Waals surface area contributed by atoms with E-state index >= 15 is 0 Å². The van der Waals surface area contributed by atoms with Crippen molar-refractivity contribution in [3.05, 3.63) is 54.1 Å². The van der Waals surface area contributed by atoms with Crippen LogP contribution in [0.15, 0.2) is 58.3 Å². The Balaban J connectivity index is 1.52. The Labute approximate surface area is 195 Å². The third-order valence-electron chi connectivity index (χ3n) is 5.50. The van der Waals surface area contributed by atoms with Gasteiger partial charge in [-0.2, -0.15) is 4.31 Å². The molecule has 0 bridgehead atoms. The molecule has 0 aliphatic carbocycles. The number of benzene rings is 2. The van der Waals surface area contributed by atoms with Gasteiger partial charge in [0.05, 0.1) is 22.8 Å². The van der Waals surface area contributed by atoms with Crippen LogP contribution in [0.4, 0.5) is 0 Å². The number of hydrogen-bond acceptors (Lipinski definition) is 6. The van der Waals surface area contributed by atoms with E-state index in [1.165, 1.54) is 35.7 Å². The van der Waals surface area contributed by atoms with Crippen molar-refractivity contribution < 1.29 is 26.4 Å². The van der Waals surface area contributed by atoms with Crippen LogP contribution in [0, 0.1) is 12.8 Å². The van der Waals surface area contributed by atoms with Crippen LogP contribution in [0.5, 0.6) is 5.75 Å². The van der Waals surface area contributed by atoms with Crippen LogP contribution in [0.3, 0.4) is 0 Å². The second kappa shape index (κ2) is 10.6. The van der Waals surface area contributed by atoms with Gasteiger partial charge < -0.3 is 10.1 Å². The normalized spacial score (nSPS) is 17.5. The first-order valence-electron chi connectivity index (χ1n) is 10.6. The van der Waals surface area contributed by atoms with Crippen LogP contribution in [0.2, 0.25) is 0 Å². The maximum atomic E-state index is 13.0. The lowest BCUT2D eigenvalue weighted by atomic mass is 9.99. The van der Waals surface area contributed by atoms with Gasteiger partial charge in [0, 0.05) is 26.2 Å². The number of ether oxygens (including phenoxy) is 1. The van der Waals surface area contributed by atoms with Gasteiger partial charge in [0.25, 0.3) is 0 Å². The molecule has 0 saturated carbocycles. The summed E-state index contributed by atoms with van der Waals surface area (Å²) in [6, 6.07) is 12.6. The van der Waals surface area contributed by atoms with Gasteiger partial charge >= 0.3 is 0 Å². The predicted octanol–water partition coefficient (Wildman–Crippen LogP) is 1.50. The lowest BCUT2D eigenvalue weighted by Crippen LogP contribution is -2.46. The number of carbonyl (C=O) groups excluding carboxylic acids is 1. The van der Waals surface area contributed by atoms with Gasteiger partial charge in [0.2, 0.25) is 26.0 Å². The highest BCUT2D eigenvalue weighted by atomic mass is 32.2. The highest BCUT2D eigenvalue weighted by molar-refractivity contribution is 7.89. The topological polar surface area (TPSA) is 122 Å². The summed E-state index contributed by atoms with van der Waals surface area (Å²) in [5.41, 5.74) is 0.955. The van der Waals surface area contributed by atoms with Crippen molar-refractivity contribution in [2.24, 2.45) is 5.92 Å². The molecule has 1 saturated heterocycles. The summed E-state index contributed by atoms with van der Waals surface area (Å²) in [5, 5.41) is 2.71. The van der Waals surface area contributed by atoms with E-state index in [0.717, 1.165) is 5.56 Å². The highest BCUT2D eigenvalue weighted by Gasteiger charge is 2.33. The molecule has 2 aromatic rings. The van der Waals surface area contributed by atoms with E-state index in [4.69, 9.17) is 4.74 Å². The first-order chi connectivity index (χ1) is 15.6. The molecule has 0 aromatic heterocycles. The van der Waals surface area contributed by atoms with Gasteiger partial charge in [-0.15, -0.1) is 0 Å². The van der Waals surface area contributed by atoms with Crippen molar-refractivity contribution in [3.8, 4) is 5.75 Å². The monoisotopic (exact) mass is 495 g/mol. The molecule has 1 aliphatic rings. The van der Waals surface area contributed by atoms with Crippen LogP contribution in [-0.2, 0) is 24.8 Å². The number of amides is 1. The molecule has 0 radical (unpaired) electrons. The predicted molar refractivity (Wildman–Crippen MR) is 124 cm³/mol. The van der Waals surface area contributed by atoms with Gasteiger partial charge in [0.15, 0.2) is 0 Å². The first-order valence-corrected chi connectivity index (χ1v) is 13.5. The van der Waals surface area contributed by atoms with E-state index < -0.39 is 26.0 Å². The van der Waals surface area contributed by atoms with Gasteiger partial charge in [0.1, 0.15) is 5.75 Å². The number of piperidine rings is 1. The zero-order chi connectivity index (χ0) is 24.1. The van der Waals surface area contributed by atoms with Crippen molar-refractivity contribution >= 4 is 26.0 Å². The summed E-state index contributed by atoms with van der Waals surface area (Å²) in [5.74, 6) is -0.234. The lowest BCUT2D eigenvalue weighted by Gasteiger charge is -2.31. The van der Waals surface area contributed by atoms with Crippen molar-refractivity contribution in [1.29, 1.82) is 0 Å². The fourth-order valence-electron chi connectivity index (χ4n) is 3.59. The zero-order valence-corrected chi connectivity index (χ0v) is 20.3. The number of methoxy groups -OCH3 is 1. The molecule has 1 amide bonds. The Morgan fingerprint density at radius 1 is 1.00 bits per heavy atom. The Hall–Kier alpha value is -2.47. The number of hydrogen-bond donors (Lipinski definition) is 2. The van der Waals surface area contributed by atoms with Crippen molar-refractivity contribution in [2.45, 2.75) is 29.6 Å². The standard InChI is InChI=1S/C22H29N3O6S2/c1-17-5-9-20(10-6-17)32(27,28)24-14-13-23-22(26)18-4-3-15-25(16-18)33(29,30)21-11-7-19(31-2)8-12-21/h5-12,18,24H,3-4,13-16H2,1-2H3,(H,23,26)/t18-/m0/s1. The minimum atomic E-state index is -3.73. The molecule has 11 heteroatoms. The minimum Gasteiger partial charge on any atom is -0.497 e. The van der Waals surface area contributed by atoms with E-state index in [0.29, 0.717) is 25.1 Å². The first kappa shape index (κ1) is 25.2. The molecule has 3 rings (SSSR count). The fraction of sp³-hybridized carbons (Fsp3) is 0.409. The number of nitrogens with zero attached hydrogens (tertiary/aromatic N) is 1. The second-order valence-corrected chi connectivity index (χ2v) is 11.6. The van der Waals surface area contributed by atoms with Gasteiger partial charge in [-0.1, -0.05) is 17.7 Å². The number of nitrogens with one attached hydrogen (secondary N) is 2. The molecule has 2 N–H and O–H groups in total. The molecule has 1 atom stereocenters. The lowest BCUT2D eigenvalue weighted by molar-refractivity contribution is -0.126. The molecule has 33 heavy (non-hydrogen) atoms. The number of aryl methyl sites for hydroxylation is 1. The Kier molecular flexibility index (Phi) is 8.11. The molecule has 1 aliphatic heterocycles. The number of carbonyl (C=O) groups is 1. The molecule has 180 valence electrons. The smallest absolute Gasteiger partial charge is 0.243 e. The third-order valence-corrected chi connectivity index (χ3v) is 8.86. The summed E-state index contributed by atoms with van der Waals surface area (Å²) >= 11 is 0. The SMILES string of the molecule is COc1ccc(S(=O)(=O)N2CCC[C@H](C(=O)NCCNS(=O)(=O)c3ccc(C)cc3)C2)cc1.